The van der Waals surface area contributed by atoms with Gasteiger partial charge in [-0.2, -0.15) is 11.3 Å². The van der Waals surface area contributed by atoms with Crippen LogP contribution in [0.15, 0.2) is 41.1 Å². The van der Waals surface area contributed by atoms with Crippen molar-refractivity contribution in [3.05, 3.63) is 46.7 Å². The van der Waals surface area contributed by atoms with Gasteiger partial charge in [0, 0.05) is 6.54 Å². The minimum absolute atomic E-state index is 0.0586. The van der Waals surface area contributed by atoms with Crippen LogP contribution in [0.1, 0.15) is 63.5 Å². The highest BCUT2D eigenvalue weighted by Crippen LogP contribution is 2.39. The first-order valence-electron chi connectivity index (χ1n) is 12.0. The molecule has 2 amide bonds. The van der Waals surface area contributed by atoms with E-state index in [2.05, 4.69) is 56.6 Å². The van der Waals surface area contributed by atoms with E-state index in [9.17, 15) is 9.59 Å². The van der Waals surface area contributed by atoms with E-state index in [1.807, 2.05) is 6.92 Å². The predicted octanol–water partition coefficient (Wildman–Crippen LogP) is 4.75. The lowest BCUT2D eigenvalue weighted by Crippen LogP contribution is -2.55. The average Bonchev–Trinajstić information content (AvgIpc) is 3.54. The van der Waals surface area contributed by atoms with Crippen molar-refractivity contribution in [3.63, 3.8) is 0 Å². The largest absolute Gasteiger partial charge is 0.343 e. The standard InChI is InChI=1S/C26H35N3O2S/c1-18(27-2)25(30)28-24(19-9-4-3-5-10-19)26(31)29-15-8-13-23(29)22-12-7-6-11-21(22)20-14-16-32-17-20/h6-7,11-12,14,16-19,23-24,27H,3-5,8-10,13,15H2,1-2H3,(H,28,30)/t18?,23?,24-/m0/s1. The lowest BCUT2D eigenvalue weighted by atomic mass is 9.83. The maximum atomic E-state index is 14.0. The normalized spacial score (nSPS) is 21.3. The number of hydrogen-bond acceptors (Lipinski definition) is 4. The van der Waals surface area contributed by atoms with Crippen LogP contribution in [0, 0.1) is 5.92 Å². The third kappa shape index (κ3) is 4.91. The van der Waals surface area contributed by atoms with Gasteiger partial charge in [-0.3, -0.25) is 9.59 Å². The molecule has 2 N–H and O–H groups in total. The Morgan fingerprint density at radius 1 is 1.06 bits per heavy atom. The number of nitrogens with zero attached hydrogens (tertiary/aromatic N) is 1. The molecule has 2 aliphatic rings. The highest BCUT2D eigenvalue weighted by atomic mass is 32.1. The Labute approximate surface area is 195 Å². The summed E-state index contributed by atoms with van der Waals surface area (Å²) in [6, 6.07) is 9.92. The second-order valence-electron chi connectivity index (χ2n) is 9.18. The van der Waals surface area contributed by atoms with Crippen LogP contribution >= 0.6 is 11.3 Å². The monoisotopic (exact) mass is 453 g/mol. The summed E-state index contributed by atoms with van der Waals surface area (Å²) >= 11 is 1.69. The van der Waals surface area contributed by atoms with Gasteiger partial charge in [0.1, 0.15) is 6.04 Å². The van der Waals surface area contributed by atoms with Crippen LogP contribution < -0.4 is 10.6 Å². The zero-order chi connectivity index (χ0) is 22.5. The molecule has 6 heteroatoms. The number of rotatable bonds is 7. The van der Waals surface area contributed by atoms with E-state index in [1.165, 1.54) is 23.1 Å². The van der Waals surface area contributed by atoms with Gasteiger partial charge in [-0.1, -0.05) is 43.5 Å². The second-order valence-corrected chi connectivity index (χ2v) is 9.96. The van der Waals surface area contributed by atoms with E-state index < -0.39 is 6.04 Å². The maximum absolute atomic E-state index is 14.0. The highest BCUT2D eigenvalue weighted by molar-refractivity contribution is 7.08. The molecule has 1 aliphatic carbocycles. The van der Waals surface area contributed by atoms with E-state index >= 15 is 0 Å². The molecule has 2 heterocycles. The van der Waals surface area contributed by atoms with Gasteiger partial charge in [0.15, 0.2) is 0 Å². The zero-order valence-electron chi connectivity index (χ0n) is 19.2. The third-order valence-electron chi connectivity index (χ3n) is 7.20. The SMILES string of the molecule is CNC(C)C(=O)N[C@H](C(=O)N1CCCC1c1ccccc1-c1ccsc1)C1CCCCC1. The first-order valence-corrected chi connectivity index (χ1v) is 12.9. The molecular formula is C26H35N3O2S. The van der Waals surface area contributed by atoms with Gasteiger partial charge < -0.3 is 15.5 Å². The molecule has 0 bridgehead atoms. The van der Waals surface area contributed by atoms with Crippen molar-refractivity contribution in [2.75, 3.05) is 13.6 Å². The predicted molar refractivity (Wildman–Crippen MR) is 130 cm³/mol. The molecule has 5 nitrogen and oxygen atoms in total. The minimum atomic E-state index is -0.437. The number of likely N-dealkylation sites (N-methyl/N-ethyl adjacent to an activating group) is 1. The smallest absolute Gasteiger partial charge is 0.245 e. The summed E-state index contributed by atoms with van der Waals surface area (Å²) in [5.74, 6) is 0.222. The first kappa shape index (κ1) is 23.0. The Bertz CT molecular complexity index is 908. The molecule has 2 aromatic rings. The topological polar surface area (TPSA) is 61.4 Å². The van der Waals surface area contributed by atoms with Crippen molar-refractivity contribution in [2.24, 2.45) is 5.92 Å². The Balaban J connectivity index is 1.61. The lowest BCUT2D eigenvalue weighted by molar-refractivity contribution is -0.139. The average molecular weight is 454 g/mol. The van der Waals surface area contributed by atoms with E-state index in [1.54, 1.807) is 18.4 Å². The number of nitrogens with one attached hydrogen (secondary N) is 2. The summed E-state index contributed by atoms with van der Waals surface area (Å²) in [6.45, 7) is 2.59. The zero-order valence-corrected chi connectivity index (χ0v) is 20.0. The lowest BCUT2D eigenvalue weighted by Gasteiger charge is -2.36. The Morgan fingerprint density at radius 2 is 1.84 bits per heavy atom. The van der Waals surface area contributed by atoms with Gasteiger partial charge in [0.2, 0.25) is 11.8 Å². The fourth-order valence-corrected chi connectivity index (χ4v) is 5.91. The summed E-state index contributed by atoms with van der Waals surface area (Å²) in [4.78, 5) is 28.8. The number of thiophene rings is 1. The third-order valence-corrected chi connectivity index (χ3v) is 7.88. The molecule has 2 fully saturated rings. The number of carbonyl (C=O) groups is 2. The van der Waals surface area contributed by atoms with Crippen molar-refractivity contribution >= 4 is 23.2 Å². The molecule has 1 saturated heterocycles. The molecule has 1 aromatic carbocycles. The van der Waals surface area contributed by atoms with E-state index in [0.29, 0.717) is 0 Å². The van der Waals surface area contributed by atoms with Crippen molar-refractivity contribution in [1.29, 1.82) is 0 Å². The van der Waals surface area contributed by atoms with Crippen LogP contribution in [0.25, 0.3) is 11.1 Å². The molecule has 1 saturated carbocycles. The Hall–Kier alpha value is -2.18. The quantitative estimate of drug-likeness (QED) is 0.636. The summed E-state index contributed by atoms with van der Waals surface area (Å²) in [6.07, 6.45) is 7.46. The summed E-state index contributed by atoms with van der Waals surface area (Å²) in [5, 5.41) is 10.4. The van der Waals surface area contributed by atoms with Crippen LogP contribution in [0.5, 0.6) is 0 Å². The van der Waals surface area contributed by atoms with Crippen molar-refractivity contribution in [3.8, 4) is 11.1 Å². The van der Waals surface area contributed by atoms with Crippen molar-refractivity contribution in [2.45, 2.75) is 70.0 Å². The second kappa shape index (κ2) is 10.6. The van der Waals surface area contributed by atoms with Crippen LogP contribution in [0.3, 0.4) is 0 Å². The van der Waals surface area contributed by atoms with Crippen molar-refractivity contribution < 1.29 is 9.59 Å². The fraction of sp³-hybridized carbons (Fsp3) is 0.538. The Morgan fingerprint density at radius 3 is 2.56 bits per heavy atom. The van der Waals surface area contributed by atoms with Gasteiger partial charge in [0.25, 0.3) is 0 Å². The van der Waals surface area contributed by atoms with Gasteiger partial charge in [-0.05, 0) is 79.1 Å². The molecule has 1 aliphatic heterocycles. The molecule has 0 radical (unpaired) electrons. The number of likely N-dealkylation sites (tertiary alicyclic amines) is 1. The molecule has 0 spiro atoms. The van der Waals surface area contributed by atoms with Gasteiger partial charge in [0.05, 0.1) is 12.1 Å². The van der Waals surface area contributed by atoms with Crippen LogP contribution in [-0.2, 0) is 9.59 Å². The molecule has 4 rings (SSSR count). The molecule has 32 heavy (non-hydrogen) atoms. The first-order chi connectivity index (χ1) is 15.6. The summed E-state index contributed by atoms with van der Waals surface area (Å²) < 4.78 is 0. The van der Waals surface area contributed by atoms with Crippen LogP contribution in [0.2, 0.25) is 0 Å². The number of hydrogen-bond donors (Lipinski definition) is 2. The molecule has 172 valence electrons. The summed E-state index contributed by atoms with van der Waals surface area (Å²) in [5.41, 5.74) is 3.64. The highest BCUT2D eigenvalue weighted by Gasteiger charge is 2.39. The van der Waals surface area contributed by atoms with Gasteiger partial charge >= 0.3 is 0 Å². The van der Waals surface area contributed by atoms with Crippen molar-refractivity contribution in [1.82, 2.24) is 15.5 Å². The van der Waals surface area contributed by atoms with E-state index in [4.69, 9.17) is 0 Å². The number of amides is 2. The summed E-state index contributed by atoms with van der Waals surface area (Å²) in [7, 11) is 1.78. The number of carbonyl (C=O) groups excluding carboxylic acids is 2. The van der Waals surface area contributed by atoms with E-state index in [0.717, 1.165) is 45.1 Å². The fourth-order valence-electron chi connectivity index (χ4n) is 5.26. The van der Waals surface area contributed by atoms with Crippen LogP contribution in [-0.4, -0.2) is 42.4 Å². The molecular weight excluding hydrogens is 418 g/mol. The molecule has 3 atom stereocenters. The van der Waals surface area contributed by atoms with Gasteiger partial charge in [-0.25, -0.2) is 0 Å². The number of benzene rings is 1. The van der Waals surface area contributed by atoms with Gasteiger partial charge in [-0.15, -0.1) is 0 Å². The maximum Gasteiger partial charge on any atom is 0.245 e. The van der Waals surface area contributed by atoms with Crippen LogP contribution in [0.4, 0.5) is 0 Å². The Kier molecular flexibility index (Phi) is 7.63. The van der Waals surface area contributed by atoms with E-state index in [-0.39, 0.29) is 29.8 Å². The minimum Gasteiger partial charge on any atom is -0.343 e. The molecule has 1 aromatic heterocycles. The molecule has 2 unspecified atom stereocenters.